The van der Waals surface area contributed by atoms with Crippen LogP contribution >= 0.6 is 0 Å². The molecule has 7 nitrogen and oxygen atoms in total. The first-order valence-corrected chi connectivity index (χ1v) is 10.4. The van der Waals surface area contributed by atoms with Gasteiger partial charge in [0.25, 0.3) is 0 Å². The molecule has 5 saturated carbocycles. The minimum Gasteiger partial charge on any atom is -0.352 e. The summed E-state index contributed by atoms with van der Waals surface area (Å²) in [4.78, 5) is 52.7. The molecule has 6 rings (SSSR count). The molecule has 0 aromatic rings. The van der Waals surface area contributed by atoms with Crippen LogP contribution in [0.3, 0.4) is 0 Å². The number of nitrogens with zero attached hydrogens (tertiary/aromatic N) is 2. The Kier molecular flexibility index (Phi) is 3.69. The Bertz CT molecular complexity index is 693. The van der Waals surface area contributed by atoms with Crippen molar-refractivity contribution in [3.8, 4) is 0 Å². The number of nitrogens with one attached hydrogen (secondary N) is 1. The second-order valence-electron chi connectivity index (χ2n) is 9.65. The average molecular weight is 373 g/mol. The van der Waals surface area contributed by atoms with Crippen LogP contribution in [-0.2, 0) is 14.4 Å². The summed E-state index contributed by atoms with van der Waals surface area (Å²) in [6, 6.07) is -0.540. The minimum absolute atomic E-state index is 0.0419. The molecule has 1 atom stereocenters. The van der Waals surface area contributed by atoms with E-state index in [1.54, 1.807) is 0 Å². The van der Waals surface area contributed by atoms with Crippen LogP contribution in [0.1, 0.15) is 58.3 Å². The summed E-state index contributed by atoms with van der Waals surface area (Å²) < 4.78 is 0. The van der Waals surface area contributed by atoms with Crippen molar-refractivity contribution in [2.75, 3.05) is 6.54 Å². The second-order valence-corrected chi connectivity index (χ2v) is 9.65. The van der Waals surface area contributed by atoms with Gasteiger partial charge in [0.1, 0.15) is 6.54 Å². The Hall–Kier alpha value is -1.92. The molecule has 27 heavy (non-hydrogen) atoms. The van der Waals surface area contributed by atoms with Crippen molar-refractivity contribution in [3.63, 3.8) is 0 Å². The van der Waals surface area contributed by atoms with Gasteiger partial charge in [0.05, 0.1) is 5.54 Å². The molecule has 7 heteroatoms. The fourth-order valence-electron chi connectivity index (χ4n) is 6.56. The highest BCUT2D eigenvalue weighted by atomic mass is 16.2. The van der Waals surface area contributed by atoms with E-state index in [2.05, 4.69) is 5.32 Å². The quantitative estimate of drug-likeness (QED) is 0.587. The zero-order valence-corrected chi connectivity index (χ0v) is 15.8. The lowest BCUT2D eigenvalue weighted by molar-refractivity contribution is -0.150. The van der Waals surface area contributed by atoms with Crippen molar-refractivity contribution in [2.24, 2.45) is 23.7 Å². The maximum atomic E-state index is 13.0. The van der Waals surface area contributed by atoms with Gasteiger partial charge in [-0.15, -0.1) is 0 Å². The molecule has 1 saturated heterocycles. The van der Waals surface area contributed by atoms with Crippen molar-refractivity contribution in [1.82, 2.24) is 15.1 Å². The first kappa shape index (κ1) is 17.2. The van der Waals surface area contributed by atoms with E-state index in [0.717, 1.165) is 37.0 Å². The second kappa shape index (κ2) is 5.79. The minimum atomic E-state index is -0.843. The predicted molar refractivity (Wildman–Crippen MR) is 95.2 cm³/mol. The molecule has 0 aromatic carbocycles. The Morgan fingerprint density at radius 2 is 1.59 bits per heavy atom. The molecule has 0 unspecified atom stereocenters. The Balaban J connectivity index is 1.33. The zero-order chi connectivity index (χ0) is 18.9. The maximum absolute atomic E-state index is 13.0. The molecule has 6 fully saturated rings. The van der Waals surface area contributed by atoms with Gasteiger partial charge in [-0.1, -0.05) is 0 Å². The fraction of sp³-hybridized carbons (Fsp3) is 0.800. The van der Waals surface area contributed by atoms with Gasteiger partial charge in [-0.05, 0) is 82.0 Å². The Morgan fingerprint density at radius 3 is 2.11 bits per heavy atom. The smallest absolute Gasteiger partial charge is 0.335 e. The number of hydrogen-bond acceptors (Lipinski definition) is 4. The number of hydrogen-bond donors (Lipinski definition) is 1. The lowest BCUT2D eigenvalue weighted by atomic mass is 9.52. The molecule has 0 aromatic heterocycles. The number of amides is 5. The molecule has 146 valence electrons. The van der Waals surface area contributed by atoms with Gasteiger partial charge in [-0.2, -0.15) is 0 Å². The molecule has 0 spiro atoms. The van der Waals surface area contributed by atoms with Crippen molar-refractivity contribution < 1.29 is 19.2 Å². The average Bonchev–Trinajstić information content (AvgIpc) is 3.39. The molecule has 1 heterocycles. The molecular weight excluding hydrogens is 346 g/mol. The molecule has 1 aliphatic heterocycles. The van der Waals surface area contributed by atoms with E-state index in [0.29, 0.717) is 23.7 Å². The number of carbonyl (C=O) groups excluding carboxylic acids is 4. The Labute approximate surface area is 158 Å². The van der Waals surface area contributed by atoms with E-state index in [9.17, 15) is 19.2 Å². The summed E-state index contributed by atoms with van der Waals surface area (Å²) in [5.74, 6) is 0.228. The molecule has 5 amide bonds. The third-order valence-corrected chi connectivity index (χ3v) is 7.55. The molecule has 6 aliphatic rings. The van der Waals surface area contributed by atoms with E-state index in [1.165, 1.54) is 24.2 Å². The topological polar surface area (TPSA) is 86.8 Å². The van der Waals surface area contributed by atoms with Gasteiger partial charge in [0.2, 0.25) is 5.91 Å². The summed E-state index contributed by atoms with van der Waals surface area (Å²) in [6.07, 6.45) is 8.23. The van der Waals surface area contributed by atoms with Crippen LogP contribution in [0.5, 0.6) is 0 Å². The van der Waals surface area contributed by atoms with Crippen molar-refractivity contribution in [1.29, 1.82) is 0 Å². The molecule has 1 N–H and O–H groups in total. The standard InChI is InChI=1S/C20H27N3O4/c1-11(15-2-3-15)21-16(24)10-22-17(25)18(26)23(19(22)27)20-7-12-4-13(8-20)6-14(5-12)9-20/h11-15H,2-10H2,1H3,(H,21,24)/t11-,12?,13?,14?,20?/m1/s1. The van der Waals surface area contributed by atoms with Gasteiger partial charge in [0.15, 0.2) is 0 Å². The van der Waals surface area contributed by atoms with Gasteiger partial charge in [-0.25, -0.2) is 14.6 Å². The number of rotatable bonds is 5. The lowest BCUT2D eigenvalue weighted by Gasteiger charge is -2.58. The van der Waals surface area contributed by atoms with Crippen LogP contribution in [0.4, 0.5) is 4.79 Å². The molecule has 0 radical (unpaired) electrons. The van der Waals surface area contributed by atoms with E-state index in [-0.39, 0.29) is 18.5 Å². The van der Waals surface area contributed by atoms with Gasteiger partial charge < -0.3 is 5.32 Å². The van der Waals surface area contributed by atoms with E-state index < -0.39 is 23.4 Å². The predicted octanol–water partition coefficient (Wildman–Crippen LogP) is 1.66. The van der Waals surface area contributed by atoms with Crippen molar-refractivity contribution in [2.45, 2.75) is 69.9 Å². The highest BCUT2D eigenvalue weighted by molar-refractivity contribution is 6.45. The summed E-state index contributed by atoms with van der Waals surface area (Å²) in [6.45, 7) is 1.58. The highest BCUT2D eigenvalue weighted by Gasteiger charge is 2.61. The van der Waals surface area contributed by atoms with Crippen molar-refractivity contribution >= 4 is 23.8 Å². The van der Waals surface area contributed by atoms with Crippen LogP contribution < -0.4 is 5.32 Å². The van der Waals surface area contributed by atoms with Crippen LogP contribution in [0.25, 0.3) is 0 Å². The van der Waals surface area contributed by atoms with Crippen LogP contribution in [-0.4, -0.2) is 51.7 Å². The monoisotopic (exact) mass is 373 g/mol. The number of urea groups is 1. The lowest BCUT2D eigenvalue weighted by Crippen LogP contribution is -2.62. The third kappa shape index (κ3) is 2.69. The van der Waals surface area contributed by atoms with E-state index >= 15 is 0 Å². The van der Waals surface area contributed by atoms with Crippen LogP contribution in [0.15, 0.2) is 0 Å². The molecule has 4 bridgehead atoms. The largest absolute Gasteiger partial charge is 0.352 e. The first-order chi connectivity index (χ1) is 12.9. The third-order valence-electron chi connectivity index (χ3n) is 7.55. The van der Waals surface area contributed by atoms with Gasteiger partial charge in [-0.3, -0.25) is 14.4 Å². The normalized spacial score (nSPS) is 38.7. The van der Waals surface area contributed by atoms with Crippen molar-refractivity contribution in [3.05, 3.63) is 0 Å². The molecule has 5 aliphatic carbocycles. The van der Waals surface area contributed by atoms with E-state index in [4.69, 9.17) is 0 Å². The zero-order valence-electron chi connectivity index (χ0n) is 15.8. The van der Waals surface area contributed by atoms with Crippen LogP contribution in [0.2, 0.25) is 0 Å². The fourth-order valence-corrected chi connectivity index (χ4v) is 6.56. The SMILES string of the molecule is C[C@@H](NC(=O)CN1C(=O)C(=O)N(C23CC4CC(CC(C4)C2)C3)C1=O)C1CC1. The summed E-state index contributed by atoms with van der Waals surface area (Å²) in [5.41, 5.74) is -0.495. The van der Waals surface area contributed by atoms with E-state index in [1.807, 2.05) is 6.92 Å². The van der Waals surface area contributed by atoms with Crippen LogP contribution in [0, 0.1) is 23.7 Å². The summed E-state index contributed by atoms with van der Waals surface area (Å²) in [5, 5.41) is 2.86. The highest BCUT2D eigenvalue weighted by Crippen LogP contribution is 2.58. The number of carbonyl (C=O) groups is 4. The summed E-state index contributed by atoms with van der Waals surface area (Å²) in [7, 11) is 0. The summed E-state index contributed by atoms with van der Waals surface area (Å²) >= 11 is 0. The van der Waals surface area contributed by atoms with Gasteiger partial charge in [0, 0.05) is 6.04 Å². The molecular formula is C20H27N3O4. The Morgan fingerprint density at radius 1 is 1.04 bits per heavy atom. The maximum Gasteiger partial charge on any atom is 0.335 e. The van der Waals surface area contributed by atoms with Gasteiger partial charge >= 0.3 is 17.8 Å². The first-order valence-electron chi connectivity index (χ1n) is 10.4. The number of imide groups is 2.